The highest BCUT2D eigenvalue weighted by Gasteiger charge is 2.02. The van der Waals surface area contributed by atoms with Gasteiger partial charge >= 0.3 is 0 Å². The summed E-state index contributed by atoms with van der Waals surface area (Å²) in [5.74, 6) is 0. The molecule has 1 unspecified atom stereocenters. The smallest absolute Gasteiger partial charge is 0.0374 e. The average Bonchev–Trinajstić information content (AvgIpc) is 2.21. The molecular formula is C13H21N. The van der Waals surface area contributed by atoms with Gasteiger partial charge in [-0.1, -0.05) is 38.5 Å². The second-order valence-corrected chi connectivity index (χ2v) is 3.86. The molecule has 0 fully saturated rings. The summed E-state index contributed by atoms with van der Waals surface area (Å²) in [7, 11) is 0. The molecule has 1 aromatic rings. The van der Waals surface area contributed by atoms with E-state index < -0.39 is 0 Å². The number of hydrogen-bond acceptors (Lipinski definition) is 1. The van der Waals surface area contributed by atoms with Gasteiger partial charge in [-0.25, -0.2) is 0 Å². The van der Waals surface area contributed by atoms with Crippen LogP contribution in [0.5, 0.6) is 0 Å². The fraction of sp³-hybridized carbons (Fsp3) is 0.538. The number of aryl methyl sites for hydroxylation is 1. The molecule has 0 aromatic heterocycles. The first-order chi connectivity index (χ1) is 6.77. The topological polar surface area (TPSA) is 12.0 Å². The van der Waals surface area contributed by atoms with Crippen LogP contribution < -0.4 is 5.32 Å². The third-order valence-electron chi connectivity index (χ3n) is 2.55. The second kappa shape index (κ2) is 5.69. The number of nitrogens with one attached hydrogen (secondary N) is 1. The Morgan fingerprint density at radius 2 is 1.93 bits per heavy atom. The van der Waals surface area contributed by atoms with Crippen molar-refractivity contribution in [2.24, 2.45) is 0 Å². The van der Waals surface area contributed by atoms with Gasteiger partial charge in [0.15, 0.2) is 0 Å². The highest BCUT2D eigenvalue weighted by molar-refractivity contribution is 5.51. The lowest BCUT2D eigenvalue weighted by atomic mass is 10.1. The van der Waals surface area contributed by atoms with Crippen molar-refractivity contribution in [3.05, 3.63) is 29.8 Å². The van der Waals surface area contributed by atoms with Gasteiger partial charge in [0.05, 0.1) is 0 Å². The number of hydrogen-bond donors (Lipinski definition) is 1. The van der Waals surface area contributed by atoms with E-state index in [1.807, 2.05) is 0 Å². The minimum atomic E-state index is 0.563. The van der Waals surface area contributed by atoms with E-state index in [0.29, 0.717) is 6.04 Å². The summed E-state index contributed by atoms with van der Waals surface area (Å²) >= 11 is 0. The van der Waals surface area contributed by atoms with Crippen molar-refractivity contribution < 1.29 is 0 Å². The highest BCUT2D eigenvalue weighted by atomic mass is 14.9. The van der Waals surface area contributed by atoms with Crippen LogP contribution in [0.2, 0.25) is 0 Å². The third-order valence-corrected chi connectivity index (χ3v) is 2.55. The van der Waals surface area contributed by atoms with Crippen LogP contribution in [-0.4, -0.2) is 6.04 Å². The van der Waals surface area contributed by atoms with Crippen LogP contribution >= 0.6 is 0 Å². The Hall–Kier alpha value is -0.980. The number of para-hydroxylation sites is 1. The first-order valence-electron chi connectivity index (χ1n) is 5.62. The Labute approximate surface area is 87.5 Å². The maximum Gasteiger partial charge on any atom is 0.0374 e. The summed E-state index contributed by atoms with van der Waals surface area (Å²) in [6.07, 6.45) is 3.54. The van der Waals surface area contributed by atoms with Crippen LogP contribution in [0.3, 0.4) is 0 Å². The normalized spacial score (nSPS) is 12.5. The van der Waals surface area contributed by atoms with Crippen LogP contribution in [0.15, 0.2) is 24.3 Å². The summed E-state index contributed by atoms with van der Waals surface area (Å²) in [5, 5.41) is 3.54. The predicted molar refractivity (Wildman–Crippen MR) is 63.8 cm³/mol. The molecule has 1 aromatic carbocycles. The van der Waals surface area contributed by atoms with E-state index in [1.54, 1.807) is 0 Å². The molecule has 1 N–H and O–H groups in total. The molecule has 0 amide bonds. The summed E-state index contributed by atoms with van der Waals surface area (Å²) in [6, 6.07) is 9.18. The van der Waals surface area contributed by atoms with Gasteiger partial charge in [-0.3, -0.25) is 0 Å². The molecule has 0 aliphatic carbocycles. The number of benzene rings is 1. The monoisotopic (exact) mass is 191 g/mol. The lowest BCUT2D eigenvalue weighted by Crippen LogP contribution is -2.14. The van der Waals surface area contributed by atoms with Crippen molar-refractivity contribution in [3.63, 3.8) is 0 Å². The molecular weight excluding hydrogens is 170 g/mol. The molecule has 14 heavy (non-hydrogen) atoms. The molecule has 1 heteroatoms. The zero-order valence-corrected chi connectivity index (χ0v) is 9.51. The maximum atomic E-state index is 3.54. The summed E-state index contributed by atoms with van der Waals surface area (Å²) in [6.45, 7) is 6.66. The Morgan fingerprint density at radius 1 is 1.21 bits per heavy atom. The number of anilines is 1. The lowest BCUT2D eigenvalue weighted by Gasteiger charge is -2.16. The Morgan fingerprint density at radius 3 is 2.57 bits per heavy atom. The zero-order chi connectivity index (χ0) is 10.4. The van der Waals surface area contributed by atoms with E-state index in [2.05, 4.69) is 50.4 Å². The van der Waals surface area contributed by atoms with Crippen LogP contribution in [0.25, 0.3) is 0 Å². The van der Waals surface area contributed by atoms with Crippen LogP contribution in [0.4, 0.5) is 5.69 Å². The van der Waals surface area contributed by atoms with Crippen LogP contribution in [0, 0.1) is 0 Å². The molecule has 1 nitrogen and oxygen atoms in total. The van der Waals surface area contributed by atoms with E-state index >= 15 is 0 Å². The third kappa shape index (κ3) is 3.06. The van der Waals surface area contributed by atoms with Gasteiger partial charge in [0, 0.05) is 11.7 Å². The van der Waals surface area contributed by atoms with Crippen molar-refractivity contribution in [1.29, 1.82) is 0 Å². The molecule has 0 heterocycles. The van der Waals surface area contributed by atoms with E-state index in [-0.39, 0.29) is 0 Å². The van der Waals surface area contributed by atoms with Gasteiger partial charge in [-0.15, -0.1) is 0 Å². The minimum absolute atomic E-state index is 0.563. The van der Waals surface area contributed by atoms with E-state index in [0.717, 1.165) is 0 Å². The molecule has 0 bridgehead atoms. The first kappa shape index (κ1) is 11.1. The van der Waals surface area contributed by atoms with Crippen molar-refractivity contribution >= 4 is 5.69 Å². The SMILES string of the molecule is CCCc1ccccc1NC(C)CC. The largest absolute Gasteiger partial charge is 0.382 e. The summed E-state index contributed by atoms with van der Waals surface area (Å²) in [4.78, 5) is 0. The zero-order valence-electron chi connectivity index (χ0n) is 9.51. The van der Waals surface area contributed by atoms with Gasteiger partial charge < -0.3 is 5.32 Å². The lowest BCUT2D eigenvalue weighted by molar-refractivity contribution is 0.760. The summed E-state index contributed by atoms with van der Waals surface area (Å²) < 4.78 is 0. The second-order valence-electron chi connectivity index (χ2n) is 3.86. The quantitative estimate of drug-likeness (QED) is 0.745. The van der Waals surface area contributed by atoms with Crippen LogP contribution in [-0.2, 0) is 6.42 Å². The fourth-order valence-electron chi connectivity index (χ4n) is 1.52. The van der Waals surface area contributed by atoms with Crippen molar-refractivity contribution in [2.75, 3.05) is 5.32 Å². The molecule has 1 atom stereocenters. The van der Waals surface area contributed by atoms with E-state index in [4.69, 9.17) is 0 Å². The van der Waals surface area contributed by atoms with E-state index in [9.17, 15) is 0 Å². The molecule has 0 aliphatic heterocycles. The minimum Gasteiger partial charge on any atom is -0.382 e. The van der Waals surface area contributed by atoms with Gasteiger partial charge in [0.25, 0.3) is 0 Å². The van der Waals surface area contributed by atoms with Crippen molar-refractivity contribution in [3.8, 4) is 0 Å². The van der Waals surface area contributed by atoms with Gasteiger partial charge in [0.2, 0.25) is 0 Å². The van der Waals surface area contributed by atoms with Gasteiger partial charge in [-0.05, 0) is 31.4 Å². The Kier molecular flexibility index (Phi) is 4.51. The first-order valence-corrected chi connectivity index (χ1v) is 5.62. The van der Waals surface area contributed by atoms with Crippen molar-refractivity contribution in [1.82, 2.24) is 0 Å². The summed E-state index contributed by atoms with van der Waals surface area (Å²) in [5.41, 5.74) is 2.75. The molecule has 1 rings (SSSR count). The molecule has 0 saturated heterocycles. The molecule has 0 saturated carbocycles. The Balaban J connectivity index is 2.73. The fourth-order valence-corrected chi connectivity index (χ4v) is 1.52. The maximum absolute atomic E-state index is 3.54. The Bertz CT molecular complexity index is 268. The average molecular weight is 191 g/mol. The predicted octanol–water partition coefficient (Wildman–Crippen LogP) is 3.85. The highest BCUT2D eigenvalue weighted by Crippen LogP contribution is 2.18. The molecule has 0 aliphatic rings. The van der Waals surface area contributed by atoms with Crippen LogP contribution in [0.1, 0.15) is 39.2 Å². The molecule has 0 spiro atoms. The van der Waals surface area contributed by atoms with Gasteiger partial charge in [0.1, 0.15) is 0 Å². The van der Waals surface area contributed by atoms with E-state index in [1.165, 1.54) is 30.5 Å². The van der Waals surface area contributed by atoms with Gasteiger partial charge in [-0.2, -0.15) is 0 Å². The van der Waals surface area contributed by atoms with Crippen molar-refractivity contribution in [2.45, 2.75) is 46.1 Å². The molecule has 0 radical (unpaired) electrons. The molecule has 78 valence electrons. The standard InChI is InChI=1S/C13H21N/c1-4-8-12-9-6-7-10-13(12)14-11(3)5-2/h6-7,9-11,14H,4-5,8H2,1-3H3. The number of rotatable bonds is 5.